The van der Waals surface area contributed by atoms with Crippen molar-refractivity contribution in [3.05, 3.63) is 54.5 Å². The summed E-state index contributed by atoms with van der Waals surface area (Å²) in [7, 11) is 1.87. The van der Waals surface area contributed by atoms with Gasteiger partial charge in [0, 0.05) is 25.8 Å². The monoisotopic (exact) mass is 335 g/mol. The van der Waals surface area contributed by atoms with Crippen LogP contribution in [0.1, 0.15) is 24.8 Å². The third-order valence-electron chi connectivity index (χ3n) is 4.90. The smallest absolute Gasteiger partial charge is 0.317 e. The van der Waals surface area contributed by atoms with E-state index < -0.39 is 0 Å². The largest absolute Gasteiger partial charge is 0.334 e. The molecule has 0 spiro atoms. The molecule has 1 fully saturated rings. The molecule has 0 saturated heterocycles. The van der Waals surface area contributed by atoms with E-state index in [2.05, 4.69) is 15.3 Å². The Morgan fingerprint density at radius 3 is 2.80 bits per heavy atom. The summed E-state index contributed by atoms with van der Waals surface area (Å²) in [4.78, 5) is 22.8. The van der Waals surface area contributed by atoms with Gasteiger partial charge in [0.1, 0.15) is 12.1 Å². The summed E-state index contributed by atoms with van der Waals surface area (Å²) in [6.07, 6.45) is 7.02. The fraction of sp³-hybridized carbons (Fsp3) is 0.316. The van der Waals surface area contributed by atoms with Gasteiger partial charge in [0.15, 0.2) is 0 Å². The predicted molar refractivity (Wildman–Crippen MR) is 96.5 cm³/mol. The average molecular weight is 335 g/mol. The van der Waals surface area contributed by atoms with Crippen LogP contribution in [-0.4, -0.2) is 38.6 Å². The first-order valence-corrected chi connectivity index (χ1v) is 8.60. The van der Waals surface area contributed by atoms with E-state index in [1.54, 1.807) is 12.5 Å². The molecule has 1 aromatic carbocycles. The molecule has 0 unspecified atom stereocenters. The van der Waals surface area contributed by atoms with Crippen molar-refractivity contribution < 1.29 is 4.79 Å². The fourth-order valence-electron chi connectivity index (χ4n) is 3.05. The van der Waals surface area contributed by atoms with Crippen molar-refractivity contribution in [3.8, 4) is 5.82 Å². The number of carbonyl (C=O) groups is 1. The molecular formula is C19H21N5O. The zero-order chi connectivity index (χ0) is 17.2. The van der Waals surface area contributed by atoms with Gasteiger partial charge in [0.2, 0.25) is 0 Å². The summed E-state index contributed by atoms with van der Waals surface area (Å²) >= 11 is 0. The Kier molecular flexibility index (Phi) is 4.09. The molecule has 128 valence electrons. The molecular weight excluding hydrogens is 314 g/mol. The Hall–Kier alpha value is -2.89. The number of nitrogens with zero attached hydrogens (tertiary/aromatic N) is 4. The molecule has 3 aromatic rings. The number of imidazole rings is 1. The maximum atomic E-state index is 12.1. The first-order valence-electron chi connectivity index (χ1n) is 8.60. The molecule has 6 heteroatoms. The van der Waals surface area contributed by atoms with Crippen LogP contribution in [0, 0.1) is 0 Å². The molecule has 1 N–H and O–H groups in total. The third-order valence-corrected chi connectivity index (χ3v) is 4.90. The summed E-state index contributed by atoms with van der Waals surface area (Å²) in [5.74, 6) is 0.815. The number of amides is 2. The maximum Gasteiger partial charge on any atom is 0.317 e. The van der Waals surface area contributed by atoms with Crippen molar-refractivity contribution in [2.24, 2.45) is 0 Å². The number of hydrogen-bond acceptors (Lipinski definition) is 3. The lowest BCUT2D eigenvalue weighted by Gasteiger charge is -2.34. The number of hydrogen-bond donors (Lipinski definition) is 1. The lowest BCUT2D eigenvalue weighted by Crippen LogP contribution is -2.46. The molecule has 4 rings (SSSR count). The summed E-state index contributed by atoms with van der Waals surface area (Å²) in [5.41, 5.74) is 2.95. The van der Waals surface area contributed by atoms with Gasteiger partial charge in [-0.1, -0.05) is 18.2 Å². The molecule has 2 aromatic heterocycles. The van der Waals surface area contributed by atoms with Crippen molar-refractivity contribution >= 4 is 17.1 Å². The van der Waals surface area contributed by atoms with Crippen LogP contribution in [0.4, 0.5) is 4.79 Å². The Bertz CT molecular complexity index is 882. The van der Waals surface area contributed by atoms with Crippen LogP contribution in [-0.2, 0) is 6.54 Å². The van der Waals surface area contributed by atoms with Crippen LogP contribution in [0.2, 0.25) is 0 Å². The van der Waals surface area contributed by atoms with Crippen molar-refractivity contribution in [3.63, 3.8) is 0 Å². The molecule has 0 bridgehead atoms. The van der Waals surface area contributed by atoms with E-state index in [0.29, 0.717) is 12.6 Å². The minimum atomic E-state index is -0.0191. The molecule has 1 aliphatic carbocycles. The fourth-order valence-corrected chi connectivity index (χ4v) is 3.05. The Morgan fingerprint density at radius 2 is 2.08 bits per heavy atom. The summed E-state index contributed by atoms with van der Waals surface area (Å²) < 4.78 is 1.96. The summed E-state index contributed by atoms with van der Waals surface area (Å²) in [6.45, 7) is 0.480. The molecule has 0 radical (unpaired) electrons. The SMILES string of the molecule is CN(C(=O)NCc1ccc(-n2cnc3ccccc32)nc1)C1CCC1. The number of aromatic nitrogens is 3. The summed E-state index contributed by atoms with van der Waals surface area (Å²) in [6, 6.07) is 12.3. The van der Waals surface area contributed by atoms with Crippen LogP contribution in [0.3, 0.4) is 0 Å². The van der Waals surface area contributed by atoms with E-state index in [0.717, 1.165) is 35.3 Å². The second-order valence-electron chi connectivity index (χ2n) is 6.48. The Balaban J connectivity index is 1.42. The lowest BCUT2D eigenvalue weighted by atomic mass is 9.92. The first-order chi connectivity index (χ1) is 12.2. The Morgan fingerprint density at radius 1 is 1.24 bits per heavy atom. The minimum Gasteiger partial charge on any atom is -0.334 e. The topological polar surface area (TPSA) is 63.1 Å². The van der Waals surface area contributed by atoms with Crippen LogP contribution in [0.15, 0.2) is 48.9 Å². The van der Waals surface area contributed by atoms with Crippen LogP contribution in [0.5, 0.6) is 0 Å². The van der Waals surface area contributed by atoms with Gasteiger partial charge in [-0.05, 0) is 43.0 Å². The second kappa shape index (κ2) is 6.55. The number of pyridine rings is 1. The number of fused-ring (bicyclic) bond motifs is 1. The zero-order valence-corrected chi connectivity index (χ0v) is 14.2. The number of benzene rings is 1. The van der Waals surface area contributed by atoms with E-state index in [9.17, 15) is 4.79 Å². The van der Waals surface area contributed by atoms with E-state index >= 15 is 0 Å². The quantitative estimate of drug-likeness (QED) is 0.797. The van der Waals surface area contributed by atoms with Gasteiger partial charge in [-0.3, -0.25) is 4.57 Å². The molecule has 0 aliphatic heterocycles. The van der Waals surface area contributed by atoms with Gasteiger partial charge in [0.25, 0.3) is 0 Å². The molecule has 2 heterocycles. The zero-order valence-electron chi connectivity index (χ0n) is 14.2. The number of nitrogens with one attached hydrogen (secondary N) is 1. The van der Waals surface area contributed by atoms with Gasteiger partial charge in [0.05, 0.1) is 11.0 Å². The van der Waals surface area contributed by atoms with Crippen LogP contribution >= 0.6 is 0 Å². The van der Waals surface area contributed by atoms with Gasteiger partial charge in [-0.2, -0.15) is 0 Å². The van der Waals surface area contributed by atoms with Crippen molar-refractivity contribution in [1.29, 1.82) is 0 Å². The second-order valence-corrected chi connectivity index (χ2v) is 6.48. The first kappa shape index (κ1) is 15.6. The predicted octanol–water partition coefficient (Wildman–Crippen LogP) is 3.11. The van der Waals surface area contributed by atoms with Crippen LogP contribution < -0.4 is 5.32 Å². The van der Waals surface area contributed by atoms with Gasteiger partial charge in [-0.25, -0.2) is 14.8 Å². The highest BCUT2D eigenvalue weighted by Crippen LogP contribution is 2.23. The third kappa shape index (κ3) is 3.07. The highest BCUT2D eigenvalue weighted by molar-refractivity contribution is 5.76. The molecule has 25 heavy (non-hydrogen) atoms. The summed E-state index contributed by atoms with van der Waals surface area (Å²) in [5, 5.41) is 2.96. The average Bonchev–Trinajstić information content (AvgIpc) is 3.02. The van der Waals surface area contributed by atoms with Crippen molar-refractivity contribution in [2.45, 2.75) is 31.8 Å². The molecule has 6 nitrogen and oxygen atoms in total. The van der Waals surface area contributed by atoms with Crippen molar-refractivity contribution in [2.75, 3.05) is 7.05 Å². The maximum absolute atomic E-state index is 12.1. The molecule has 0 atom stereocenters. The normalized spacial score (nSPS) is 14.3. The molecule has 1 saturated carbocycles. The Labute approximate surface area is 146 Å². The van der Waals surface area contributed by atoms with Gasteiger partial charge < -0.3 is 10.2 Å². The number of carbonyl (C=O) groups excluding carboxylic acids is 1. The molecule has 2 amide bonds. The number of para-hydroxylation sites is 2. The number of rotatable bonds is 4. The van der Waals surface area contributed by atoms with Gasteiger partial charge in [-0.15, -0.1) is 0 Å². The standard InChI is InChI=1S/C19H21N5O/c1-23(15-5-4-6-15)19(25)21-12-14-9-10-18(20-11-14)24-13-22-16-7-2-3-8-17(16)24/h2-3,7-11,13,15H,4-6,12H2,1H3,(H,21,25). The van der Waals surface area contributed by atoms with E-state index in [4.69, 9.17) is 0 Å². The highest BCUT2D eigenvalue weighted by Gasteiger charge is 2.25. The number of urea groups is 1. The van der Waals surface area contributed by atoms with E-state index in [-0.39, 0.29) is 6.03 Å². The van der Waals surface area contributed by atoms with Gasteiger partial charge >= 0.3 is 6.03 Å². The van der Waals surface area contributed by atoms with E-state index in [1.807, 2.05) is 52.9 Å². The lowest BCUT2D eigenvalue weighted by molar-refractivity contribution is 0.157. The van der Waals surface area contributed by atoms with Crippen LogP contribution in [0.25, 0.3) is 16.9 Å². The minimum absolute atomic E-state index is 0.0191. The van der Waals surface area contributed by atoms with Crippen molar-refractivity contribution in [1.82, 2.24) is 24.8 Å². The molecule has 1 aliphatic rings. The highest BCUT2D eigenvalue weighted by atomic mass is 16.2. The van der Waals surface area contributed by atoms with E-state index in [1.165, 1.54) is 6.42 Å².